The van der Waals surface area contributed by atoms with Gasteiger partial charge in [0.05, 0.1) is 0 Å². The standard InChI is InChI=1S/C18H23F4N7S.C4H8.2C2H6/c1-10-23-14(30-29-10)13-26-15(24-11-2-6-17(19,20)7-3-11)28-16(27-13)25-12-4-8-18(21,22)9-5-12;1-2-4-3-1;2*1-2/h11-12H,2-9H2,1H3,(H2,24,25,26,27,28);1-4H2;2*1-2H3. The molecule has 3 aliphatic carbocycles. The summed E-state index contributed by atoms with van der Waals surface area (Å²) < 4.78 is 57.9. The zero-order valence-corrected chi connectivity index (χ0v) is 24.1. The molecule has 12 heteroatoms. The summed E-state index contributed by atoms with van der Waals surface area (Å²) in [6, 6.07) is -0.338. The number of alkyl halides is 4. The summed E-state index contributed by atoms with van der Waals surface area (Å²) in [5.41, 5.74) is 0. The summed E-state index contributed by atoms with van der Waals surface area (Å²) in [5, 5.41) is 6.76. The highest BCUT2D eigenvalue weighted by Gasteiger charge is 2.36. The number of aromatic nitrogens is 5. The Morgan fingerprint density at radius 1 is 0.658 bits per heavy atom. The summed E-state index contributed by atoms with van der Waals surface area (Å²) >= 11 is 1.14. The number of hydrogen-bond donors (Lipinski definition) is 2. The molecule has 0 bridgehead atoms. The molecule has 38 heavy (non-hydrogen) atoms. The van der Waals surface area contributed by atoms with Gasteiger partial charge in [0.2, 0.25) is 23.7 Å². The van der Waals surface area contributed by atoms with Gasteiger partial charge >= 0.3 is 0 Å². The molecule has 0 amide bonds. The van der Waals surface area contributed by atoms with Crippen LogP contribution in [0.2, 0.25) is 0 Å². The fourth-order valence-electron chi connectivity index (χ4n) is 3.97. The number of nitrogens with one attached hydrogen (secondary N) is 2. The summed E-state index contributed by atoms with van der Waals surface area (Å²) in [4.78, 5) is 17.4. The maximum atomic E-state index is 13.4. The van der Waals surface area contributed by atoms with E-state index in [2.05, 4.69) is 34.9 Å². The normalized spacial score (nSPS) is 20.2. The molecule has 3 saturated carbocycles. The van der Waals surface area contributed by atoms with Gasteiger partial charge in [-0.25, -0.2) is 22.5 Å². The van der Waals surface area contributed by atoms with Crippen molar-refractivity contribution >= 4 is 23.4 Å². The molecule has 5 rings (SSSR count). The van der Waals surface area contributed by atoms with E-state index in [-0.39, 0.29) is 49.7 Å². The Kier molecular flexibility index (Phi) is 13.1. The average molecular weight is 562 g/mol. The average Bonchev–Trinajstić information content (AvgIpc) is 3.30. The zero-order chi connectivity index (χ0) is 28.2. The van der Waals surface area contributed by atoms with Crippen LogP contribution in [0.25, 0.3) is 10.8 Å². The molecule has 216 valence electrons. The lowest BCUT2D eigenvalue weighted by Crippen LogP contribution is -2.33. The van der Waals surface area contributed by atoms with E-state index >= 15 is 0 Å². The van der Waals surface area contributed by atoms with E-state index in [9.17, 15) is 17.6 Å². The minimum absolute atomic E-state index is 0.169. The van der Waals surface area contributed by atoms with Crippen LogP contribution in [-0.2, 0) is 0 Å². The van der Waals surface area contributed by atoms with Crippen LogP contribution in [0.3, 0.4) is 0 Å². The minimum atomic E-state index is -2.62. The Bertz CT molecular complexity index is 881. The SMILES string of the molecule is C1CCC1.CC.CC.Cc1nsc(-c2nc(NC3CCC(F)(F)CC3)nc(NC3CCC(F)(F)CC3)n2)n1. The zero-order valence-electron chi connectivity index (χ0n) is 23.3. The topological polar surface area (TPSA) is 88.5 Å². The van der Waals surface area contributed by atoms with Gasteiger partial charge in [-0.1, -0.05) is 53.4 Å². The molecular formula is C26H43F4N7S. The van der Waals surface area contributed by atoms with Crippen molar-refractivity contribution in [2.75, 3.05) is 10.6 Å². The van der Waals surface area contributed by atoms with Crippen LogP contribution in [0, 0.1) is 6.92 Å². The van der Waals surface area contributed by atoms with E-state index in [4.69, 9.17) is 0 Å². The van der Waals surface area contributed by atoms with Crippen molar-refractivity contribution < 1.29 is 17.6 Å². The van der Waals surface area contributed by atoms with E-state index in [0.29, 0.717) is 42.3 Å². The first-order valence-electron chi connectivity index (χ1n) is 14.0. The smallest absolute Gasteiger partial charge is 0.248 e. The molecule has 3 aliphatic rings. The van der Waals surface area contributed by atoms with Crippen LogP contribution < -0.4 is 10.6 Å². The molecule has 3 fully saturated rings. The molecule has 7 nitrogen and oxygen atoms in total. The fourth-order valence-corrected chi connectivity index (χ4v) is 4.58. The van der Waals surface area contributed by atoms with Crippen LogP contribution in [0.1, 0.15) is 111 Å². The lowest BCUT2D eigenvalue weighted by Gasteiger charge is -2.29. The molecule has 0 aliphatic heterocycles. The number of halogens is 4. The molecule has 2 aromatic rings. The highest BCUT2D eigenvalue weighted by Crippen LogP contribution is 2.35. The predicted molar refractivity (Wildman–Crippen MR) is 146 cm³/mol. The Hall–Kier alpha value is -2.11. The molecule has 0 spiro atoms. The first-order chi connectivity index (χ1) is 18.2. The maximum absolute atomic E-state index is 13.4. The van der Waals surface area contributed by atoms with E-state index < -0.39 is 11.8 Å². The monoisotopic (exact) mass is 561 g/mol. The van der Waals surface area contributed by atoms with Crippen LogP contribution >= 0.6 is 11.5 Å². The Labute approximate surface area is 228 Å². The second-order valence-corrected chi connectivity index (χ2v) is 10.2. The van der Waals surface area contributed by atoms with Gasteiger partial charge in [0.25, 0.3) is 0 Å². The molecule has 2 heterocycles. The van der Waals surface area contributed by atoms with Crippen molar-refractivity contribution in [3.05, 3.63) is 5.82 Å². The Balaban J connectivity index is 0.000000559. The van der Waals surface area contributed by atoms with Gasteiger partial charge in [-0.15, -0.1) is 0 Å². The Morgan fingerprint density at radius 3 is 1.37 bits per heavy atom. The van der Waals surface area contributed by atoms with Crippen molar-refractivity contribution in [3.8, 4) is 10.8 Å². The quantitative estimate of drug-likeness (QED) is 0.355. The van der Waals surface area contributed by atoms with Gasteiger partial charge in [0, 0.05) is 37.8 Å². The number of nitrogens with zero attached hydrogens (tertiary/aromatic N) is 5. The first-order valence-corrected chi connectivity index (χ1v) is 14.8. The maximum Gasteiger partial charge on any atom is 0.248 e. The van der Waals surface area contributed by atoms with Gasteiger partial charge in [0.15, 0.2) is 10.8 Å². The second-order valence-electron chi connectivity index (χ2n) is 9.42. The summed E-state index contributed by atoms with van der Waals surface area (Å²) in [7, 11) is 0. The van der Waals surface area contributed by atoms with Crippen molar-refractivity contribution in [3.63, 3.8) is 0 Å². The predicted octanol–water partition coefficient (Wildman–Crippen LogP) is 8.29. The lowest BCUT2D eigenvalue weighted by atomic mass is 9.92. The van der Waals surface area contributed by atoms with E-state index in [1.807, 2.05) is 27.7 Å². The highest BCUT2D eigenvalue weighted by molar-refractivity contribution is 7.09. The number of aryl methyl sites for hydroxylation is 1. The molecular weight excluding hydrogens is 518 g/mol. The number of rotatable bonds is 5. The van der Waals surface area contributed by atoms with Crippen LogP contribution in [0.15, 0.2) is 0 Å². The van der Waals surface area contributed by atoms with Gasteiger partial charge < -0.3 is 10.6 Å². The highest BCUT2D eigenvalue weighted by atomic mass is 32.1. The van der Waals surface area contributed by atoms with Crippen LogP contribution in [-0.4, -0.2) is 48.2 Å². The molecule has 2 aromatic heterocycles. The largest absolute Gasteiger partial charge is 0.351 e. The minimum Gasteiger partial charge on any atom is -0.351 e. The van der Waals surface area contributed by atoms with Crippen LogP contribution in [0.5, 0.6) is 0 Å². The summed E-state index contributed by atoms with van der Waals surface area (Å²) in [6.07, 6.45) is 6.52. The van der Waals surface area contributed by atoms with Gasteiger partial charge in [0.1, 0.15) is 5.82 Å². The van der Waals surface area contributed by atoms with Crippen LogP contribution in [0.4, 0.5) is 29.5 Å². The molecule has 0 atom stereocenters. The third-order valence-electron chi connectivity index (χ3n) is 6.45. The molecule has 2 N–H and O–H groups in total. The molecule has 0 aromatic carbocycles. The van der Waals surface area contributed by atoms with E-state index in [1.165, 1.54) is 25.7 Å². The second kappa shape index (κ2) is 15.5. The Morgan fingerprint density at radius 2 is 1.05 bits per heavy atom. The fraction of sp³-hybridized carbons (Fsp3) is 0.808. The first kappa shape index (κ1) is 32.1. The van der Waals surface area contributed by atoms with Crippen molar-refractivity contribution in [1.82, 2.24) is 24.3 Å². The third-order valence-corrected chi connectivity index (χ3v) is 7.26. The van der Waals surface area contributed by atoms with Crippen molar-refractivity contribution in [2.45, 2.75) is 136 Å². The van der Waals surface area contributed by atoms with Gasteiger partial charge in [-0.3, -0.25) is 0 Å². The molecule has 0 saturated heterocycles. The lowest BCUT2D eigenvalue weighted by molar-refractivity contribution is -0.0366. The summed E-state index contributed by atoms with van der Waals surface area (Å²) in [6.45, 7) is 9.75. The van der Waals surface area contributed by atoms with Crippen molar-refractivity contribution in [2.24, 2.45) is 0 Å². The molecule has 0 unspecified atom stereocenters. The third kappa shape index (κ3) is 10.6. The van der Waals surface area contributed by atoms with E-state index in [0.717, 1.165) is 11.5 Å². The summed E-state index contributed by atoms with van der Waals surface area (Å²) in [5.74, 6) is -3.84. The number of anilines is 2. The van der Waals surface area contributed by atoms with Gasteiger partial charge in [-0.05, 0) is 44.1 Å². The van der Waals surface area contributed by atoms with Crippen molar-refractivity contribution in [1.29, 1.82) is 0 Å². The molecule has 0 radical (unpaired) electrons. The van der Waals surface area contributed by atoms with E-state index in [1.54, 1.807) is 6.92 Å². The van der Waals surface area contributed by atoms with Gasteiger partial charge in [-0.2, -0.15) is 19.3 Å². The number of hydrogen-bond acceptors (Lipinski definition) is 8.